The first-order valence-corrected chi connectivity index (χ1v) is 7.17. The molecule has 110 valence electrons. The molecule has 2 saturated carbocycles. The molecular weight excluding hydrogens is 244 g/mol. The number of hydrogen-bond donors (Lipinski definition) is 4. The summed E-state index contributed by atoms with van der Waals surface area (Å²) in [5.74, 6) is 0.472. The van der Waals surface area contributed by atoms with Gasteiger partial charge in [0.15, 0.2) is 0 Å². The van der Waals surface area contributed by atoms with E-state index in [0.29, 0.717) is 6.42 Å². The third-order valence-corrected chi connectivity index (χ3v) is 5.91. The summed E-state index contributed by atoms with van der Waals surface area (Å²) in [6.45, 7) is 7.30. The zero-order valence-electron chi connectivity index (χ0n) is 11.8. The number of fused-ring (bicyclic) bond motifs is 1. The van der Waals surface area contributed by atoms with E-state index >= 15 is 0 Å². The summed E-state index contributed by atoms with van der Waals surface area (Å²) >= 11 is 0. The van der Waals surface area contributed by atoms with Gasteiger partial charge in [-0.1, -0.05) is 33.3 Å². The third-order valence-electron chi connectivity index (χ3n) is 5.91. The van der Waals surface area contributed by atoms with Crippen molar-refractivity contribution in [2.24, 2.45) is 17.3 Å². The van der Waals surface area contributed by atoms with Gasteiger partial charge in [0.1, 0.15) is 5.60 Å². The zero-order valence-corrected chi connectivity index (χ0v) is 11.8. The predicted molar refractivity (Wildman–Crippen MR) is 72.4 cm³/mol. The Kier molecular flexibility index (Phi) is 3.82. The van der Waals surface area contributed by atoms with Gasteiger partial charge in [0.2, 0.25) is 0 Å². The van der Waals surface area contributed by atoms with Crippen LogP contribution in [0.15, 0.2) is 12.2 Å². The lowest BCUT2D eigenvalue weighted by atomic mass is 9.50. The van der Waals surface area contributed by atoms with Crippen molar-refractivity contribution in [2.75, 3.05) is 6.61 Å². The molecule has 0 aromatic rings. The first kappa shape index (κ1) is 15.0. The lowest BCUT2D eigenvalue weighted by Gasteiger charge is -2.59. The largest absolute Gasteiger partial charge is 0.392 e. The molecule has 0 unspecified atom stereocenters. The van der Waals surface area contributed by atoms with Crippen LogP contribution in [0.4, 0.5) is 0 Å². The maximum Gasteiger partial charge on any atom is 0.140 e. The maximum atomic E-state index is 10.7. The van der Waals surface area contributed by atoms with Crippen molar-refractivity contribution in [2.45, 2.75) is 57.3 Å². The molecular formula is C15H26O4. The van der Waals surface area contributed by atoms with Crippen molar-refractivity contribution >= 4 is 0 Å². The number of rotatable bonds is 2. The second-order valence-electron chi connectivity index (χ2n) is 6.64. The lowest BCUT2D eigenvalue weighted by molar-refractivity contribution is -0.234. The number of hydrogen-bond acceptors (Lipinski definition) is 4. The second kappa shape index (κ2) is 4.85. The Hall–Kier alpha value is -0.420. The predicted octanol–water partition coefficient (Wildman–Crippen LogP) is 0.834. The van der Waals surface area contributed by atoms with E-state index in [0.717, 1.165) is 19.3 Å². The van der Waals surface area contributed by atoms with Crippen LogP contribution < -0.4 is 0 Å². The third kappa shape index (κ3) is 1.88. The monoisotopic (exact) mass is 270 g/mol. The molecule has 0 saturated heterocycles. The fraction of sp³-hybridized carbons (Fsp3) is 0.867. The van der Waals surface area contributed by atoms with Crippen molar-refractivity contribution in [1.82, 2.24) is 0 Å². The summed E-state index contributed by atoms with van der Waals surface area (Å²) in [4.78, 5) is 0. The Morgan fingerprint density at radius 3 is 2.53 bits per heavy atom. The van der Waals surface area contributed by atoms with Crippen molar-refractivity contribution in [3.63, 3.8) is 0 Å². The average Bonchev–Trinajstić information content (AvgIpc) is 2.39. The normalized spacial score (nSPS) is 50.6. The molecule has 0 spiro atoms. The molecule has 2 aliphatic carbocycles. The van der Waals surface area contributed by atoms with Gasteiger partial charge in [-0.3, -0.25) is 0 Å². The number of aliphatic hydroxyl groups is 4. The summed E-state index contributed by atoms with van der Waals surface area (Å²) in [5.41, 5.74) is -2.14. The van der Waals surface area contributed by atoms with E-state index < -0.39 is 29.8 Å². The highest BCUT2D eigenvalue weighted by molar-refractivity contribution is 5.25. The summed E-state index contributed by atoms with van der Waals surface area (Å²) in [7, 11) is 0. The smallest absolute Gasteiger partial charge is 0.140 e. The summed E-state index contributed by atoms with van der Waals surface area (Å²) in [6, 6.07) is 0. The zero-order chi connectivity index (χ0) is 14.4. The van der Waals surface area contributed by atoms with E-state index in [1.807, 2.05) is 6.92 Å². The lowest BCUT2D eigenvalue weighted by Crippen LogP contribution is -2.68. The van der Waals surface area contributed by atoms with Crippen LogP contribution in [0.25, 0.3) is 0 Å². The molecule has 19 heavy (non-hydrogen) atoms. The van der Waals surface area contributed by atoms with Crippen LogP contribution in [-0.2, 0) is 0 Å². The Balaban J connectivity index is 2.42. The Bertz CT molecular complexity index is 369. The minimum absolute atomic E-state index is 0.102. The van der Waals surface area contributed by atoms with Gasteiger partial charge < -0.3 is 20.4 Å². The number of aliphatic hydroxyl groups excluding tert-OH is 3. The highest BCUT2D eigenvalue weighted by Crippen LogP contribution is 2.56. The fourth-order valence-corrected chi connectivity index (χ4v) is 4.22. The van der Waals surface area contributed by atoms with Gasteiger partial charge in [0, 0.05) is 5.41 Å². The van der Waals surface area contributed by atoms with E-state index in [1.165, 1.54) is 0 Å². The van der Waals surface area contributed by atoms with Gasteiger partial charge in [0.25, 0.3) is 0 Å². The Morgan fingerprint density at radius 1 is 1.32 bits per heavy atom. The van der Waals surface area contributed by atoms with Crippen LogP contribution in [0.3, 0.4) is 0 Å². The molecule has 0 aliphatic heterocycles. The fourth-order valence-electron chi connectivity index (χ4n) is 4.22. The van der Waals surface area contributed by atoms with Crippen molar-refractivity contribution in [1.29, 1.82) is 0 Å². The maximum absolute atomic E-state index is 10.7. The quantitative estimate of drug-likeness (QED) is 0.560. The van der Waals surface area contributed by atoms with Crippen molar-refractivity contribution < 1.29 is 20.4 Å². The SMILES string of the molecule is C=C(CO)[C@]1(O)[C@@H](O)[C@@]2(C)[C@H](CCC[C@@H]2C)C[C@@H]1O. The van der Waals surface area contributed by atoms with Crippen LogP contribution in [-0.4, -0.2) is 44.8 Å². The van der Waals surface area contributed by atoms with Gasteiger partial charge >= 0.3 is 0 Å². The van der Waals surface area contributed by atoms with E-state index in [-0.39, 0.29) is 17.4 Å². The Labute approximate surface area is 114 Å². The molecule has 4 N–H and O–H groups in total. The molecule has 4 nitrogen and oxygen atoms in total. The van der Waals surface area contributed by atoms with E-state index in [2.05, 4.69) is 13.5 Å². The van der Waals surface area contributed by atoms with E-state index in [1.54, 1.807) is 0 Å². The van der Waals surface area contributed by atoms with Gasteiger partial charge in [-0.05, 0) is 30.3 Å². The second-order valence-corrected chi connectivity index (χ2v) is 6.64. The molecule has 0 amide bonds. The molecule has 2 rings (SSSR count). The molecule has 2 aliphatic rings. The van der Waals surface area contributed by atoms with Crippen LogP contribution in [0.1, 0.15) is 39.5 Å². The van der Waals surface area contributed by atoms with E-state index in [4.69, 9.17) is 0 Å². The van der Waals surface area contributed by atoms with Gasteiger partial charge in [0.05, 0.1) is 18.8 Å². The van der Waals surface area contributed by atoms with Crippen LogP contribution >= 0.6 is 0 Å². The Morgan fingerprint density at radius 2 is 1.95 bits per heavy atom. The van der Waals surface area contributed by atoms with Gasteiger partial charge in [-0.2, -0.15) is 0 Å². The highest BCUT2D eigenvalue weighted by Gasteiger charge is 2.62. The van der Waals surface area contributed by atoms with Crippen LogP contribution in [0.2, 0.25) is 0 Å². The summed E-state index contributed by atoms with van der Waals surface area (Å²) < 4.78 is 0. The topological polar surface area (TPSA) is 80.9 Å². The molecule has 0 bridgehead atoms. The standard InChI is InChI=1S/C15H26O4/c1-9-5-4-6-11-7-12(17)15(19,10(2)8-16)13(18)14(9,11)3/h9,11-13,16-19H,2,4-8H2,1,3H3/t9-,11+,12-,13-,14+,15+/m0/s1. The van der Waals surface area contributed by atoms with Crippen molar-refractivity contribution in [3.05, 3.63) is 12.2 Å². The molecule has 0 radical (unpaired) electrons. The highest BCUT2D eigenvalue weighted by atomic mass is 16.4. The molecule has 6 atom stereocenters. The molecule has 4 heteroatoms. The molecule has 0 aromatic carbocycles. The summed E-state index contributed by atoms with van der Waals surface area (Å²) in [6.07, 6.45) is 1.38. The molecule has 0 aromatic heterocycles. The first-order valence-electron chi connectivity index (χ1n) is 7.17. The minimum atomic E-state index is -1.80. The molecule has 0 heterocycles. The minimum Gasteiger partial charge on any atom is -0.392 e. The first-order chi connectivity index (χ1) is 8.79. The van der Waals surface area contributed by atoms with Gasteiger partial charge in [-0.15, -0.1) is 0 Å². The van der Waals surface area contributed by atoms with Gasteiger partial charge in [-0.25, -0.2) is 0 Å². The van der Waals surface area contributed by atoms with Crippen LogP contribution in [0, 0.1) is 17.3 Å². The van der Waals surface area contributed by atoms with Crippen LogP contribution in [0.5, 0.6) is 0 Å². The van der Waals surface area contributed by atoms with Crippen molar-refractivity contribution in [3.8, 4) is 0 Å². The summed E-state index contributed by atoms with van der Waals surface area (Å²) in [5, 5.41) is 41.0. The average molecular weight is 270 g/mol. The molecule has 2 fully saturated rings. The van der Waals surface area contributed by atoms with E-state index in [9.17, 15) is 20.4 Å².